The van der Waals surface area contributed by atoms with E-state index in [0.29, 0.717) is 22.8 Å². The Hall–Kier alpha value is -2.12. The van der Waals surface area contributed by atoms with Crippen molar-refractivity contribution < 1.29 is 18.0 Å². The molecule has 0 unspecified atom stereocenters. The average Bonchev–Trinajstić information content (AvgIpc) is 2.48. The normalized spacial score (nSPS) is 11.7. The number of carbonyl (C=O) groups excluding carboxylic acids is 1. The van der Waals surface area contributed by atoms with Crippen molar-refractivity contribution in [3.63, 3.8) is 0 Å². The first-order valence-corrected chi connectivity index (χ1v) is 6.84. The quantitative estimate of drug-likeness (QED) is 0.658. The summed E-state index contributed by atoms with van der Waals surface area (Å²) < 4.78 is 37.5. The number of alkyl halides is 3. The van der Waals surface area contributed by atoms with Gasteiger partial charge in [0, 0.05) is 11.2 Å². The predicted octanol–water partition coefficient (Wildman–Crippen LogP) is 4.17. The van der Waals surface area contributed by atoms with Gasteiger partial charge < -0.3 is 0 Å². The molecule has 0 aliphatic rings. The molecule has 0 aliphatic heterocycles. The summed E-state index contributed by atoms with van der Waals surface area (Å²) in [6.45, 7) is 0. The minimum atomic E-state index is -4.58. The second-order valence-electron chi connectivity index (χ2n) is 4.30. The highest BCUT2D eigenvalue weighted by atomic mass is 35.5. The third kappa shape index (κ3) is 4.67. The van der Waals surface area contributed by atoms with Crippen LogP contribution >= 0.6 is 23.2 Å². The van der Waals surface area contributed by atoms with Crippen molar-refractivity contribution in [1.82, 2.24) is 10.4 Å². The molecule has 1 aromatic heterocycles. The van der Waals surface area contributed by atoms with Crippen LogP contribution in [-0.2, 0) is 6.18 Å². The molecule has 4 nitrogen and oxygen atoms in total. The summed E-state index contributed by atoms with van der Waals surface area (Å²) in [6, 6.07) is 7.24. The van der Waals surface area contributed by atoms with Crippen molar-refractivity contribution in [2.45, 2.75) is 6.18 Å². The Balaban J connectivity index is 2.07. The molecule has 1 N–H and O–H groups in total. The molecule has 0 bridgehead atoms. The van der Waals surface area contributed by atoms with E-state index in [1.807, 2.05) is 0 Å². The van der Waals surface area contributed by atoms with E-state index >= 15 is 0 Å². The summed E-state index contributed by atoms with van der Waals surface area (Å²) in [5.74, 6) is -0.825. The number of carbonyl (C=O) groups is 1. The molecule has 0 fully saturated rings. The number of hydrazone groups is 1. The summed E-state index contributed by atoms with van der Waals surface area (Å²) >= 11 is 11.4. The zero-order chi connectivity index (χ0) is 17.0. The van der Waals surface area contributed by atoms with Crippen LogP contribution in [0.4, 0.5) is 13.2 Å². The Bertz CT molecular complexity index is 746. The number of nitrogens with zero attached hydrogens (tertiary/aromatic N) is 2. The number of pyridine rings is 1. The number of nitrogens with one attached hydrogen (secondary N) is 1. The molecule has 0 radical (unpaired) electrons. The maximum Gasteiger partial charge on any atom is 0.417 e. The number of amides is 1. The lowest BCUT2D eigenvalue weighted by atomic mass is 10.2. The zero-order valence-electron chi connectivity index (χ0n) is 11.2. The maximum atomic E-state index is 12.5. The van der Waals surface area contributed by atoms with Crippen LogP contribution in [0.5, 0.6) is 0 Å². The third-order valence-corrected chi connectivity index (χ3v) is 3.17. The van der Waals surface area contributed by atoms with E-state index in [1.54, 1.807) is 24.3 Å². The van der Waals surface area contributed by atoms with Crippen LogP contribution in [0.15, 0.2) is 41.6 Å². The van der Waals surface area contributed by atoms with E-state index in [2.05, 4.69) is 15.5 Å². The van der Waals surface area contributed by atoms with Crippen molar-refractivity contribution >= 4 is 35.3 Å². The summed E-state index contributed by atoms with van der Waals surface area (Å²) in [4.78, 5) is 15.2. The van der Waals surface area contributed by atoms with Crippen LogP contribution in [0.1, 0.15) is 21.6 Å². The fraction of sp³-hybridized carbons (Fsp3) is 0.0714. The van der Waals surface area contributed by atoms with E-state index < -0.39 is 22.7 Å². The molecular weight excluding hydrogens is 354 g/mol. The SMILES string of the molecule is O=C(N/N=C\c1ccc(Cl)cc1)c1ncc(C(F)(F)F)cc1Cl. The molecule has 0 saturated carbocycles. The monoisotopic (exact) mass is 361 g/mol. The van der Waals surface area contributed by atoms with Gasteiger partial charge in [-0.3, -0.25) is 4.79 Å². The lowest BCUT2D eigenvalue weighted by Crippen LogP contribution is -2.20. The Morgan fingerprint density at radius 1 is 1.22 bits per heavy atom. The lowest BCUT2D eigenvalue weighted by Gasteiger charge is -2.08. The van der Waals surface area contributed by atoms with Crippen LogP contribution in [0.2, 0.25) is 10.0 Å². The molecule has 1 heterocycles. The van der Waals surface area contributed by atoms with Crippen molar-refractivity contribution in [3.05, 3.63) is 63.4 Å². The van der Waals surface area contributed by atoms with E-state index in [-0.39, 0.29) is 5.69 Å². The van der Waals surface area contributed by atoms with E-state index in [1.165, 1.54) is 6.21 Å². The Labute approximate surface area is 138 Å². The molecule has 0 spiro atoms. The van der Waals surface area contributed by atoms with Crippen LogP contribution in [-0.4, -0.2) is 17.1 Å². The molecule has 1 amide bonds. The predicted molar refractivity (Wildman–Crippen MR) is 80.8 cm³/mol. The number of aromatic nitrogens is 1. The summed E-state index contributed by atoms with van der Waals surface area (Å²) in [5.41, 5.74) is 1.41. The van der Waals surface area contributed by atoms with Crippen molar-refractivity contribution in [1.29, 1.82) is 0 Å². The third-order valence-electron chi connectivity index (χ3n) is 2.63. The highest BCUT2D eigenvalue weighted by molar-refractivity contribution is 6.33. The Morgan fingerprint density at radius 3 is 2.43 bits per heavy atom. The molecule has 120 valence electrons. The largest absolute Gasteiger partial charge is 0.417 e. The van der Waals surface area contributed by atoms with Gasteiger partial charge in [0.15, 0.2) is 0 Å². The van der Waals surface area contributed by atoms with Gasteiger partial charge in [-0.2, -0.15) is 18.3 Å². The number of hydrogen-bond acceptors (Lipinski definition) is 3. The fourth-order valence-corrected chi connectivity index (χ4v) is 1.91. The van der Waals surface area contributed by atoms with E-state index in [0.717, 1.165) is 0 Å². The van der Waals surface area contributed by atoms with Gasteiger partial charge in [-0.25, -0.2) is 10.4 Å². The zero-order valence-corrected chi connectivity index (χ0v) is 12.7. The van der Waals surface area contributed by atoms with Gasteiger partial charge in [0.2, 0.25) is 0 Å². The fourth-order valence-electron chi connectivity index (χ4n) is 1.53. The minimum absolute atomic E-state index is 0.354. The second-order valence-corrected chi connectivity index (χ2v) is 5.15. The smallest absolute Gasteiger partial charge is 0.265 e. The van der Waals surface area contributed by atoms with E-state index in [4.69, 9.17) is 23.2 Å². The number of hydrogen-bond donors (Lipinski definition) is 1. The number of benzene rings is 1. The molecule has 1 aromatic carbocycles. The van der Waals surface area contributed by atoms with Crippen molar-refractivity contribution in [3.8, 4) is 0 Å². The second kappa shape index (κ2) is 6.97. The van der Waals surface area contributed by atoms with Crippen LogP contribution in [0.3, 0.4) is 0 Å². The molecule has 23 heavy (non-hydrogen) atoms. The van der Waals surface area contributed by atoms with Crippen molar-refractivity contribution in [2.24, 2.45) is 5.10 Å². The van der Waals surface area contributed by atoms with Crippen molar-refractivity contribution in [2.75, 3.05) is 0 Å². The standard InChI is InChI=1S/C14H8Cl2F3N3O/c15-10-3-1-8(2-4-10)6-21-22-13(23)12-11(16)5-9(7-20-12)14(17,18)19/h1-7H,(H,22,23)/b21-6-. The van der Waals surface area contributed by atoms with Gasteiger partial charge in [0.25, 0.3) is 5.91 Å². The first kappa shape index (κ1) is 17.2. The van der Waals surface area contributed by atoms with E-state index in [9.17, 15) is 18.0 Å². The van der Waals surface area contributed by atoms with Gasteiger partial charge in [-0.1, -0.05) is 35.3 Å². The molecule has 0 saturated heterocycles. The van der Waals surface area contributed by atoms with Crippen LogP contribution in [0.25, 0.3) is 0 Å². The molecule has 2 rings (SSSR count). The molecular formula is C14H8Cl2F3N3O. The van der Waals surface area contributed by atoms with Gasteiger partial charge in [0.1, 0.15) is 5.69 Å². The summed E-state index contributed by atoms with van der Waals surface area (Å²) in [6.07, 6.45) is -2.71. The lowest BCUT2D eigenvalue weighted by molar-refractivity contribution is -0.137. The first-order chi connectivity index (χ1) is 10.8. The highest BCUT2D eigenvalue weighted by Gasteiger charge is 2.32. The summed E-state index contributed by atoms with van der Waals surface area (Å²) in [7, 11) is 0. The maximum absolute atomic E-state index is 12.5. The Kier molecular flexibility index (Phi) is 5.23. The van der Waals surface area contributed by atoms with Gasteiger partial charge in [0.05, 0.1) is 16.8 Å². The highest BCUT2D eigenvalue weighted by Crippen LogP contribution is 2.30. The molecule has 0 aliphatic carbocycles. The van der Waals surface area contributed by atoms with Crippen LogP contribution < -0.4 is 5.43 Å². The van der Waals surface area contributed by atoms with Gasteiger partial charge in [-0.15, -0.1) is 0 Å². The first-order valence-electron chi connectivity index (χ1n) is 6.09. The van der Waals surface area contributed by atoms with Gasteiger partial charge in [-0.05, 0) is 23.8 Å². The minimum Gasteiger partial charge on any atom is -0.265 e. The molecule has 0 atom stereocenters. The molecule has 9 heteroatoms. The number of rotatable bonds is 3. The number of halogens is 5. The Morgan fingerprint density at radius 2 is 1.87 bits per heavy atom. The summed E-state index contributed by atoms with van der Waals surface area (Å²) in [5, 5.41) is 3.80. The van der Waals surface area contributed by atoms with Crippen LogP contribution in [0, 0.1) is 0 Å². The average molecular weight is 362 g/mol. The molecule has 2 aromatic rings. The topological polar surface area (TPSA) is 54.4 Å². The van der Waals surface area contributed by atoms with Gasteiger partial charge >= 0.3 is 6.18 Å².